The molecule has 0 radical (unpaired) electrons. The fraction of sp³-hybridized carbons (Fsp3) is 0.667. The van der Waals surface area contributed by atoms with E-state index in [1.165, 1.54) is 24.8 Å². The van der Waals surface area contributed by atoms with Crippen molar-refractivity contribution in [3.05, 3.63) is 23.9 Å². The van der Waals surface area contributed by atoms with Crippen molar-refractivity contribution in [3.63, 3.8) is 0 Å². The van der Waals surface area contributed by atoms with Crippen molar-refractivity contribution in [2.75, 3.05) is 24.5 Å². The van der Waals surface area contributed by atoms with Crippen molar-refractivity contribution >= 4 is 35.8 Å². The standard InChI is InChI=1S/C18H31N5.HI/c1-4-15(3)22-18(19-5-2)21-14-16-9-10-20-17(13-16)23-11-7-6-8-12-23;/h9-10,13,15H,4-8,11-12,14H2,1-3H3,(H2,19,21,22);1H. The second-order valence-electron chi connectivity index (χ2n) is 6.22. The van der Waals surface area contributed by atoms with Crippen molar-refractivity contribution in [1.29, 1.82) is 0 Å². The summed E-state index contributed by atoms with van der Waals surface area (Å²) in [7, 11) is 0. The van der Waals surface area contributed by atoms with Crippen LogP contribution in [-0.4, -0.2) is 36.6 Å². The van der Waals surface area contributed by atoms with Gasteiger partial charge in [0.25, 0.3) is 0 Å². The average molecular weight is 445 g/mol. The van der Waals surface area contributed by atoms with E-state index in [1.807, 2.05) is 6.20 Å². The van der Waals surface area contributed by atoms with Gasteiger partial charge in [0, 0.05) is 31.9 Å². The third kappa shape index (κ3) is 6.83. The third-order valence-electron chi connectivity index (χ3n) is 4.25. The van der Waals surface area contributed by atoms with Crippen LogP contribution in [0.2, 0.25) is 0 Å². The lowest BCUT2D eigenvalue weighted by Gasteiger charge is -2.27. The molecule has 0 amide bonds. The SMILES string of the molecule is CCNC(=NCc1ccnc(N2CCCCC2)c1)NC(C)CC.I. The van der Waals surface area contributed by atoms with Gasteiger partial charge in [0.2, 0.25) is 0 Å². The Balaban J connectivity index is 0.00000288. The number of piperidine rings is 1. The molecular weight excluding hydrogens is 413 g/mol. The van der Waals surface area contributed by atoms with E-state index in [9.17, 15) is 0 Å². The quantitative estimate of drug-likeness (QED) is 0.400. The summed E-state index contributed by atoms with van der Waals surface area (Å²) >= 11 is 0. The van der Waals surface area contributed by atoms with Crippen molar-refractivity contribution in [2.45, 2.75) is 59.0 Å². The lowest BCUT2D eigenvalue weighted by atomic mass is 10.1. The summed E-state index contributed by atoms with van der Waals surface area (Å²) in [5, 5.41) is 6.74. The molecule has 1 aliphatic rings. The Morgan fingerprint density at radius 3 is 2.71 bits per heavy atom. The fourth-order valence-electron chi connectivity index (χ4n) is 2.68. The normalized spacial score (nSPS) is 16.3. The maximum Gasteiger partial charge on any atom is 0.191 e. The number of nitrogens with one attached hydrogen (secondary N) is 2. The zero-order chi connectivity index (χ0) is 16.5. The Labute approximate surface area is 163 Å². The van der Waals surface area contributed by atoms with Crippen LogP contribution in [-0.2, 0) is 6.54 Å². The molecule has 0 aromatic carbocycles. The van der Waals surface area contributed by atoms with Crippen molar-refractivity contribution in [2.24, 2.45) is 4.99 Å². The zero-order valence-corrected chi connectivity index (χ0v) is 17.5. The monoisotopic (exact) mass is 445 g/mol. The van der Waals surface area contributed by atoms with Gasteiger partial charge in [0.1, 0.15) is 5.82 Å². The van der Waals surface area contributed by atoms with Crippen LogP contribution < -0.4 is 15.5 Å². The molecule has 0 aliphatic carbocycles. The summed E-state index contributed by atoms with van der Waals surface area (Å²) in [5.41, 5.74) is 1.21. The van der Waals surface area contributed by atoms with Crippen LogP contribution in [0.5, 0.6) is 0 Å². The first kappa shape index (κ1) is 21.0. The first-order chi connectivity index (χ1) is 11.2. The molecule has 1 aliphatic heterocycles. The van der Waals surface area contributed by atoms with Gasteiger partial charge in [-0.25, -0.2) is 9.98 Å². The molecule has 5 nitrogen and oxygen atoms in total. The van der Waals surface area contributed by atoms with Gasteiger partial charge in [-0.05, 0) is 57.2 Å². The molecule has 1 aromatic rings. The fourth-order valence-corrected chi connectivity index (χ4v) is 2.68. The highest BCUT2D eigenvalue weighted by molar-refractivity contribution is 14.0. The van der Waals surface area contributed by atoms with Gasteiger partial charge in [-0.2, -0.15) is 0 Å². The highest BCUT2D eigenvalue weighted by Gasteiger charge is 2.12. The van der Waals surface area contributed by atoms with Crippen molar-refractivity contribution in [3.8, 4) is 0 Å². The predicted molar refractivity (Wildman–Crippen MR) is 113 cm³/mol. The number of pyridine rings is 1. The summed E-state index contributed by atoms with van der Waals surface area (Å²) in [6.45, 7) is 10.2. The molecule has 0 bridgehead atoms. The van der Waals surface area contributed by atoms with E-state index in [1.54, 1.807) is 0 Å². The minimum Gasteiger partial charge on any atom is -0.357 e. The van der Waals surface area contributed by atoms with E-state index in [-0.39, 0.29) is 24.0 Å². The Hall–Kier alpha value is -1.05. The number of anilines is 1. The largest absolute Gasteiger partial charge is 0.357 e. The average Bonchev–Trinajstić information content (AvgIpc) is 2.61. The van der Waals surface area contributed by atoms with Crippen LogP contribution in [0.3, 0.4) is 0 Å². The number of nitrogens with zero attached hydrogens (tertiary/aromatic N) is 3. The third-order valence-corrected chi connectivity index (χ3v) is 4.25. The van der Waals surface area contributed by atoms with E-state index >= 15 is 0 Å². The van der Waals surface area contributed by atoms with Gasteiger partial charge in [-0.3, -0.25) is 0 Å². The Morgan fingerprint density at radius 2 is 2.04 bits per heavy atom. The van der Waals surface area contributed by atoms with Gasteiger partial charge in [0.05, 0.1) is 6.54 Å². The van der Waals surface area contributed by atoms with Crippen LogP contribution in [0.1, 0.15) is 52.0 Å². The molecule has 24 heavy (non-hydrogen) atoms. The molecule has 2 rings (SSSR count). The van der Waals surface area contributed by atoms with Crippen LogP contribution in [0, 0.1) is 0 Å². The van der Waals surface area contributed by atoms with Crippen LogP contribution in [0.4, 0.5) is 5.82 Å². The van der Waals surface area contributed by atoms with Gasteiger partial charge >= 0.3 is 0 Å². The van der Waals surface area contributed by atoms with Crippen LogP contribution in [0.25, 0.3) is 0 Å². The number of halogens is 1. The molecule has 2 heterocycles. The number of aromatic nitrogens is 1. The lowest BCUT2D eigenvalue weighted by molar-refractivity contribution is 0.573. The smallest absolute Gasteiger partial charge is 0.191 e. The lowest BCUT2D eigenvalue weighted by Crippen LogP contribution is -2.41. The summed E-state index contributed by atoms with van der Waals surface area (Å²) in [6, 6.07) is 4.67. The molecule has 1 atom stereocenters. The highest BCUT2D eigenvalue weighted by atomic mass is 127. The van der Waals surface area contributed by atoms with Gasteiger partial charge in [0.15, 0.2) is 5.96 Å². The summed E-state index contributed by atoms with van der Waals surface area (Å²) in [4.78, 5) is 11.6. The van der Waals surface area contributed by atoms with E-state index in [2.05, 4.69) is 53.4 Å². The second kappa shape index (κ2) is 11.5. The summed E-state index contributed by atoms with van der Waals surface area (Å²) in [5.74, 6) is 1.98. The molecule has 2 N–H and O–H groups in total. The Morgan fingerprint density at radius 1 is 1.29 bits per heavy atom. The molecule has 0 saturated carbocycles. The first-order valence-corrected chi connectivity index (χ1v) is 8.97. The molecule has 0 spiro atoms. The Kier molecular flexibility index (Phi) is 10.1. The molecule has 6 heteroatoms. The van der Waals surface area contributed by atoms with Gasteiger partial charge < -0.3 is 15.5 Å². The van der Waals surface area contributed by atoms with Crippen molar-refractivity contribution < 1.29 is 0 Å². The molecule has 1 fully saturated rings. The number of hydrogen-bond acceptors (Lipinski definition) is 3. The number of aliphatic imine (C=N–C) groups is 1. The van der Waals surface area contributed by atoms with Crippen molar-refractivity contribution in [1.82, 2.24) is 15.6 Å². The number of guanidine groups is 1. The van der Waals surface area contributed by atoms with Gasteiger partial charge in [-0.1, -0.05) is 6.92 Å². The summed E-state index contributed by atoms with van der Waals surface area (Å²) < 4.78 is 0. The first-order valence-electron chi connectivity index (χ1n) is 8.97. The van der Waals surface area contributed by atoms with Crippen LogP contribution in [0.15, 0.2) is 23.3 Å². The predicted octanol–water partition coefficient (Wildman–Crippen LogP) is 3.54. The minimum atomic E-state index is 0. The maximum atomic E-state index is 4.71. The second-order valence-corrected chi connectivity index (χ2v) is 6.22. The number of hydrogen-bond donors (Lipinski definition) is 2. The summed E-state index contributed by atoms with van der Waals surface area (Å²) in [6.07, 6.45) is 6.87. The van der Waals surface area contributed by atoms with E-state index in [4.69, 9.17) is 4.99 Å². The molecule has 1 aromatic heterocycles. The molecule has 1 unspecified atom stereocenters. The molecule has 1 saturated heterocycles. The minimum absolute atomic E-state index is 0. The molecule has 136 valence electrons. The highest BCUT2D eigenvalue weighted by Crippen LogP contribution is 2.18. The van der Waals surface area contributed by atoms with E-state index in [0.717, 1.165) is 37.8 Å². The van der Waals surface area contributed by atoms with Gasteiger partial charge in [-0.15, -0.1) is 24.0 Å². The van der Waals surface area contributed by atoms with E-state index < -0.39 is 0 Å². The number of rotatable bonds is 6. The topological polar surface area (TPSA) is 52.6 Å². The maximum absolute atomic E-state index is 4.71. The van der Waals surface area contributed by atoms with E-state index in [0.29, 0.717) is 12.6 Å². The molecular formula is C18H32IN5. The Bertz CT molecular complexity index is 500. The van der Waals surface area contributed by atoms with Crippen LogP contribution >= 0.6 is 24.0 Å². The zero-order valence-electron chi connectivity index (χ0n) is 15.2.